The zero-order chi connectivity index (χ0) is 8.60. The second-order valence-corrected chi connectivity index (χ2v) is 3.89. The van der Waals surface area contributed by atoms with E-state index in [1.54, 1.807) is 4.90 Å². The molecule has 2 rings (SSSR count). The molecule has 2 aliphatic rings. The second kappa shape index (κ2) is 2.71. The summed E-state index contributed by atoms with van der Waals surface area (Å²) in [6, 6.07) is 0.0939. The molecule has 1 heterocycles. The van der Waals surface area contributed by atoms with Gasteiger partial charge in [-0.05, 0) is 24.7 Å². The van der Waals surface area contributed by atoms with Gasteiger partial charge in [-0.25, -0.2) is 5.48 Å². The van der Waals surface area contributed by atoms with Crippen LogP contribution in [0.15, 0.2) is 0 Å². The van der Waals surface area contributed by atoms with Crippen LogP contribution in [0.4, 0.5) is 0 Å². The van der Waals surface area contributed by atoms with Crippen LogP contribution in [0.25, 0.3) is 0 Å². The van der Waals surface area contributed by atoms with Crippen molar-refractivity contribution in [2.45, 2.75) is 25.3 Å². The first-order chi connectivity index (χ1) is 5.80. The van der Waals surface area contributed by atoms with Crippen LogP contribution in [-0.2, 0) is 4.79 Å². The van der Waals surface area contributed by atoms with Crippen molar-refractivity contribution in [2.24, 2.45) is 5.41 Å². The van der Waals surface area contributed by atoms with E-state index in [0.717, 1.165) is 19.4 Å². The smallest absolute Gasteiger partial charge is 0.209 e. The van der Waals surface area contributed by atoms with Crippen LogP contribution in [-0.4, -0.2) is 35.6 Å². The molecule has 1 saturated heterocycles. The van der Waals surface area contributed by atoms with Gasteiger partial charge < -0.3 is 10.1 Å². The Bertz CT molecular complexity index is 191. The molecule has 1 atom stereocenters. The first-order valence-corrected chi connectivity index (χ1v) is 4.40. The molecule has 1 aliphatic heterocycles. The van der Waals surface area contributed by atoms with E-state index < -0.39 is 0 Å². The fraction of sp³-hybridized carbons (Fsp3) is 0.875. The molecular formula is C8H14N2O2. The maximum atomic E-state index is 10.5. The van der Waals surface area contributed by atoms with Gasteiger partial charge in [0.15, 0.2) is 0 Å². The molecule has 0 bridgehead atoms. The molecule has 0 radical (unpaired) electrons. The van der Waals surface area contributed by atoms with Gasteiger partial charge in [-0.2, -0.15) is 0 Å². The predicted octanol–water partition coefficient (Wildman–Crippen LogP) is -0.0239. The zero-order valence-corrected chi connectivity index (χ0v) is 6.99. The summed E-state index contributed by atoms with van der Waals surface area (Å²) < 4.78 is 0. The minimum Gasteiger partial charge on any atom is -0.344 e. The van der Waals surface area contributed by atoms with Gasteiger partial charge in [0.05, 0.1) is 6.04 Å². The van der Waals surface area contributed by atoms with Gasteiger partial charge in [0.2, 0.25) is 6.41 Å². The quantitative estimate of drug-likeness (QED) is 0.452. The van der Waals surface area contributed by atoms with Crippen molar-refractivity contribution in [3.8, 4) is 0 Å². The maximum Gasteiger partial charge on any atom is 0.209 e. The number of hydrogen-bond donors (Lipinski definition) is 2. The average molecular weight is 170 g/mol. The SMILES string of the molecule is O=CN1CCC2(CC2)[C@@H](NO)C1. The summed E-state index contributed by atoms with van der Waals surface area (Å²) in [6.07, 6.45) is 4.28. The topological polar surface area (TPSA) is 52.6 Å². The zero-order valence-electron chi connectivity index (χ0n) is 6.99. The number of amides is 1. The number of nitrogens with zero attached hydrogens (tertiary/aromatic N) is 1. The van der Waals surface area contributed by atoms with E-state index in [4.69, 9.17) is 5.21 Å². The number of hydrogen-bond acceptors (Lipinski definition) is 3. The van der Waals surface area contributed by atoms with Gasteiger partial charge in [0.1, 0.15) is 0 Å². The normalized spacial score (nSPS) is 32.1. The maximum absolute atomic E-state index is 10.5. The van der Waals surface area contributed by atoms with E-state index in [0.29, 0.717) is 12.0 Å². The molecule has 4 heteroatoms. The number of likely N-dealkylation sites (tertiary alicyclic amines) is 1. The molecule has 1 aliphatic carbocycles. The summed E-state index contributed by atoms with van der Waals surface area (Å²) in [5, 5.41) is 8.89. The molecule has 1 saturated carbocycles. The molecule has 1 spiro atoms. The molecule has 0 unspecified atom stereocenters. The van der Waals surface area contributed by atoms with Crippen molar-refractivity contribution in [3.05, 3.63) is 0 Å². The Morgan fingerprint density at radius 1 is 1.50 bits per heavy atom. The molecular weight excluding hydrogens is 156 g/mol. The van der Waals surface area contributed by atoms with Gasteiger partial charge >= 0.3 is 0 Å². The fourth-order valence-corrected chi connectivity index (χ4v) is 2.09. The van der Waals surface area contributed by atoms with E-state index in [1.165, 1.54) is 12.8 Å². The molecule has 0 aromatic rings. The van der Waals surface area contributed by atoms with E-state index >= 15 is 0 Å². The van der Waals surface area contributed by atoms with Crippen LogP contribution in [0.1, 0.15) is 19.3 Å². The molecule has 1 amide bonds. The van der Waals surface area contributed by atoms with E-state index in [1.807, 2.05) is 0 Å². The summed E-state index contributed by atoms with van der Waals surface area (Å²) in [5.74, 6) is 0. The lowest BCUT2D eigenvalue weighted by molar-refractivity contribution is -0.121. The number of piperidine rings is 1. The Labute approximate surface area is 71.5 Å². The van der Waals surface area contributed by atoms with Crippen LogP contribution >= 0.6 is 0 Å². The Kier molecular flexibility index (Phi) is 1.81. The Morgan fingerprint density at radius 2 is 2.25 bits per heavy atom. The molecule has 0 aromatic carbocycles. The largest absolute Gasteiger partial charge is 0.344 e. The minimum atomic E-state index is 0.0939. The van der Waals surface area contributed by atoms with E-state index in [9.17, 15) is 4.79 Å². The molecule has 4 nitrogen and oxygen atoms in total. The molecule has 68 valence electrons. The van der Waals surface area contributed by atoms with Gasteiger partial charge in [0, 0.05) is 13.1 Å². The first-order valence-electron chi connectivity index (χ1n) is 4.40. The Morgan fingerprint density at radius 3 is 2.75 bits per heavy atom. The standard InChI is InChI=1S/C8H14N2O2/c11-6-10-4-3-8(1-2-8)7(5-10)9-12/h6-7,9,12H,1-5H2/t7-/m0/s1. The van der Waals surface area contributed by atoms with Crippen LogP contribution in [0.2, 0.25) is 0 Å². The van der Waals surface area contributed by atoms with Crippen molar-refractivity contribution in [2.75, 3.05) is 13.1 Å². The summed E-state index contributed by atoms with van der Waals surface area (Å²) in [4.78, 5) is 12.2. The number of nitrogens with one attached hydrogen (secondary N) is 1. The van der Waals surface area contributed by atoms with Crippen molar-refractivity contribution in [3.63, 3.8) is 0 Å². The number of hydroxylamine groups is 1. The third-order valence-electron chi connectivity index (χ3n) is 3.25. The number of carbonyl (C=O) groups excluding carboxylic acids is 1. The van der Waals surface area contributed by atoms with Gasteiger partial charge in [0.25, 0.3) is 0 Å². The van der Waals surface area contributed by atoms with E-state index in [2.05, 4.69) is 5.48 Å². The van der Waals surface area contributed by atoms with Gasteiger partial charge in [-0.3, -0.25) is 4.79 Å². The van der Waals surface area contributed by atoms with Crippen LogP contribution in [0, 0.1) is 5.41 Å². The lowest BCUT2D eigenvalue weighted by Gasteiger charge is -2.36. The Balaban J connectivity index is 2.01. The number of carbonyl (C=O) groups is 1. The third kappa shape index (κ3) is 1.11. The monoisotopic (exact) mass is 170 g/mol. The highest BCUT2D eigenvalue weighted by Crippen LogP contribution is 2.53. The highest BCUT2D eigenvalue weighted by molar-refractivity contribution is 5.47. The summed E-state index contributed by atoms with van der Waals surface area (Å²) in [6.45, 7) is 1.50. The average Bonchev–Trinajstić information content (AvgIpc) is 2.87. The van der Waals surface area contributed by atoms with Crippen molar-refractivity contribution in [1.29, 1.82) is 0 Å². The van der Waals surface area contributed by atoms with Crippen LogP contribution < -0.4 is 5.48 Å². The number of rotatable bonds is 2. The summed E-state index contributed by atoms with van der Waals surface area (Å²) in [7, 11) is 0. The highest BCUT2D eigenvalue weighted by Gasteiger charge is 2.51. The Hall–Kier alpha value is -0.610. The van der Waals surface area contributed by atoms with Gasteiger partial charge in [-0.1, -0.05) is 0 Å². The van der Waals surface area contributed by atoms with Crippen molar-refractivity contribution < 1.29 is 10.0 Å². The highest BCUT2D eigenvalue weighted by atomic mass is 16.5. The van der Waals surface area contributed by atoms with Crippen LogP contribution in [0.5, 0.6) is 0 Å². The van der Waals surface area contributed by atoms with E-state index in [-0.39, 0.29) is 6.04 Å². The lowest BCUT2D eigenvalue weighted by Crippen LogP contribution is -2.50. The second-order valence-electron chi connectivity index (χ2n) is 3.89. The minimum absolute atomic E-state index is 0.0939. The molecule has 12 heavy (non-hydrogen) atoms. The van der Waals surface area contributed by atoms with Crippen LogP contribution in [0.3, 0.4) is 0 Å². The predicted molar refractivity (Wildman–Crippen MR) is 42.6 cm³/mol. The summed E-state index contributed by atoms with van der Waals surface area (Å²) in [5.41, 5.74) is 2.63. The van der Waals surface area contributed by atoms with Gasteiger partial charge in [-0.15, -0.1) is 0 Å². The van der Waals surface area contributed by atoms with Crippen molar-refractivity contribution in [1.82, 2.24) is 10.4 Å². The fourth-order valence-electron chi connectivity index (χ4n) is 2.09. The molecule has 0 aromatic heterocycles. The summed E-state index contributed by atoms with van der Waals surface area (Å²) >= 11 is 0. The first kappa shape index (κ1) is 8.01. The van der Waals surface area contributed by atoms with Crippen molar-refractivity contribution >= 4 is 6.41 Å². The molecule has 2 fully saturated rings. The lowest BCUT2D eigenvalue weighted by atomic mass is 9.89. The third-order valence-corrected chi connectivity index (χ3v) is 3.25. The molecule has 2 N–H and O–H groups in total.